The van der Waals surface area contributed by atoms with Crippen LogP contribution in [0.15, 0.2) is 43.0 Å². The molecule has 2 aromatic heterocycles. The Kier molecular flexibility index (Phi) is 8.50. The van der Waals surface area contributed by atoms with Gasteiger partial charge >= 0.3 is 12.2 Å². The average molecular weight is 679 g/mol. The van der Waals surface area contributed by atoms with Crippen LogP contribution in [0.2, 0.25) is 5.02 Å². The predicted octanol–water partition coefficient (Wildman–Crippen LogP) is 3.97. The Hall–Kier alpha value is -4.44. The van der Waals surface area contributed by atoms with Crippen molar-refractivity contribution in [1.82, 2.24) is 34.9 Å². The molecule has 0 radical (unpaired) electrons. The molecule has 4 amide bonds. The van der Waals surface area contributed by atoms with E-state index in [-0.39, 0.29) is 57.7 Å². The third-order valence-electron chi connectivity index (χ3n) is 8.87. The maximum Gasteiger partial charge on any atom is 0.435 e. The summed E-state index contributed by atoms with van der Waals surface area (Å²) in [5.74, 6) is -2.05. The van der Waals surface area contributed by atoms with Crippen LogP contribution in [-0.4, -0.2) is 78.5 Å². The van der Waals surface area contributed by atoms with Gasteiger partial charge in [-0.15, -0.1) is 0 Å². The number of halogens is 5. The number of allylic oxidation sites excluding steroid dienone is 1. The van der Waals surface area contributed by atoms with Crippen molar-refractivity contribution in [1.29, 1.82) is 0 Å². The Morgan fingerprint density at radius 2 is 1.85 bits per heavy atom. The van der Waals surface area contributed by atoms with Crippen LogP contribution in [0.25, 0.3) is 11.3 Å². The molecule has 3 heterocycles. The van der Waals surface area contributed by atoms with Crippen molar-refractivity contribution in [2.75, 3.05) is 18.4 Å². The fourth-order valence-corrected chi connectivity index (χ4v) is 6.67. The molecule has 17 heteroatoms. The van der Waals surface area contributed by atoms with Gasteiger partial charge in [-0.3, -0.25) is 14.3 Å². The first-order valence-electron chi connectivity index (χ1n) is 14.9. The molecule has 1 unspecified atom stereocenters. The van der Waals surface area contributed by atoms with Gasteiger partial charge in [-0.05, 0) is 37.5 Å². The number of amides is 4. The number of alkyl halides is 3. The molecular weight excluding hydrogens is 648 g/mol. The van der Waals surface area contributed by atoms with Crippen LogP contribution in [-0.2, 0) is 19.8 Å². The zero-order valence-electron chi connectivity index (χ0n) is 25.0. The van der Waals surface area contributed by atoms with E-state index in [1.165, 1.54) is 25.2 Å². The van der Waals surface area contributed by atoms with Gasteiger partial charge in [-0.25, -0.2) is 14.2 Å². The van der Waals surface area contributed by atoms with Crippen LogP contribution in [0.5, 0.6) is 0 Å². The number of anilines is 1. The molecule has 12 nitrogen and oxygen atoms in total. The number of hydrogen-bond acceptors (Lipinski definition) is 6. The van der Waals surface area contributed by atoms with E-state index in [2.05, 4.69) is 32.6 Å². The third kappa shape index (κ3) is 6.56. The summed E-state index contributed by atoms with van der Waals surface area (Å²) in [7, 11) is 1.35. The lowest BCUT2D eigenvalue weighted by atomic mass is 10.2. The highest BCUT2D eigenvalue weighted by Crippen LogP contribution is 2.46. The predicted molar refractivity (Wildman–Crippen MR) is 161 cm³/mol. The van der Waals surface area contributed by atoms with Gasteiger partial charge in [0.25, 0.3) is 11.8 Å². The molecule has 0 spiro atoms. The Morgan fingerprint density at radius 1 is 1.13 bits per heavy atom. The number of aliphatic hydroxyl groups excluding tert-OH is 1. The first-order chi connectivity index (χ1) is 22.2. The summed E-state index contributed by atoms with van der Waals surface area (Å²) >= 11 is 6.39. The maximum absolute atomic E-state index is 13.7. The highest BCUT2D eigenvalue weighted by atomic mass is 35.5. The molecule has 4 N–H and O–H groups in total. The van der Waals surface area contributed by atoms with E-state index in [1.54, 1.807) is 4.90 Å². The molecule has 47 heavy (non-hydrogen) atoms. The number of nitrogens with one attached hydrogen (secondary N) is 3. The second kappa shape index (κ2) is 12.3. The average Bonchev–Trinajstić information content (AvgIpc) is 3.54. The molecule has 3 aromatic rings. The van der Waals surface area contributed by atoms with E-state index >= 15 is 0 Å². The van der Waals surface area contributed by atoms with Crippen LogP contribution in [0.1, 0.15) is 45.9 Å². The van der Waals surface area contributed by atoms with Crippen molar-refractivity contribution < 1.29 is 37.1 Å². The number of urea groups is 1. The van der Waals surface area contributed by atoms with Crippen molar-refractivity contribution in [3.8, 4) is 11.3 Å². The number of rotatable bonds is 8. The summed E-state index contributed by atoms with van der Waals surface area (Å²) in [5, 5.41) is 21.9. The van der Waals surface area contributed by atoms with E-state index in [0.29, 0.717) is 19.5 Å². The zero-order valence-corrected chi connectivity index (χ0v) is 25.8. The molecule has 0 bridgehead atoms. The van der Waals surface area contributed by atoms with Crippen LogP contribution in [0.4, 0.5) is 28.0 Å². The number of imidazole rings is 1. The first kappa shape index (κ1) is 32.5. The Balaban J connectivity index is 1.06. The van der Waals surface area contributed by atoms with Crippen molar-refractivity contribution >= 4 is 35.1 Å². The first-order valence-corrected chi connectivity index (χ1v) is 15.2. The number of aromatic nitrogens is 4. The number of benzene rings is 1. The summed E-state index contributed by atoms with van der Waals surface area (Å²) in [6.07, 6.45) is -1.00. The second-order valence-corrected chi connectivity index (χ2v) is 12.5. The topological polar surface area (TPSA) is 146 Å². The van der Waals surface area contributed by atoms with Gasteiger partial charge in [0.1, 0.15) is 5.83 Å². The molecule has 1 aromatic carbocycles. The van der Waals surface area contributed by atoms with E-state index < -0.39 is 47.7 Å². The summed E-state index contributed by atoms with van der Waals surface area (Å²) in [6, 6.07) is 3.70. The third-order valence-corrected chi connectivity index (χ3v) is 9.18. The lowest BCUT2D eigenvalue weighted by Gasteiger charge is -2.24. The normalized spacial score (nSPS) is 23.4. The summed E-state index contributed by atoms with van der Waals surface area (Å²) in [5.41, 5.74) is -1.36. The SMILES string of the molecule is C=C(F)Cn1cc(-c2cnc(C(=O)Nc3ccc(C(=O)NC4[C@H]5CN(C(=O)N[C@@H]6CCC[C@H]6O)C[C@@H]45)c(Cl)c3)n2C)c(C(F)(F)F)n1. The van der Waals surface area contributed by atoms with Crippen LogP contribution in [0.3, 0.4) is 0 Å². The second-order valence-electron chi connectivity index (χ2n) is 12.1. The number of likely N-dealkylation sites (tertiary alicyclic amines) is 1. The summed E-state index contributed by atoms with van der Waals surface area (Å²) in [4.78, 5) is 44.3. The van der Waals surface area contributed by atoms with E-state index in [9.17, 15) is 37.1 Å². The molecular formula is C30H31ClF4N8O4. The summed E-state index contributed by atoms with van der Waals surface area (Å²) in [6.45, 7) is 3.46. The molecule has 2 saturated carbocycles. The number of piperidine rings is 1. The fraction of sp³-hybridized carbons (Fsp3) is 0.433. The summed E-state index contributed by atoms with van der Waals surface area (Å²) < 4.78 is 56.2. The smallest absolute Gasteiger partial charge is 0.391 e. The maximum atomic E-state index is 13.7. The number of carbonyl (C=O) groups excluding carboxylic acids is 3. The molecule has 3 fully saturated rings. The molecule has 5 atom stereocenters. The van der Waals surface area contributed by atoms with Crippen molar-refractivity contribution in [2.45, 2.75) is 50.2 Å². The van der Waals surface area contributed by atoms with E-state index in [1.807, 2.05) is 0 Å². The minimum absolute atomic E-state index is 0.0550. The molecule has 1 aliphatic heterocycles. The molecule has 2 aliphatic carbocycles. The number of carbonyl (C=O) groups is 3. The van der Waals surface area contributed by atoms with Gasteiger partial charge in [0.05, 0.1) is 46.7 Å². The fourth-order valence-electron chi connectivity index (χ4n) is 6.40. The van der Waals surface area contributed by atoms with Gasteiger partial charge in [0.15, 0.2) is 11.5 Å². The van der Waals surface area contributed by atoms with Crippen LogP contribution >= 0.6 is 11.6 Å². The van der Waals surface area contributed by atoms with Gasteiger partial charge in [0.2, 0.25) is 0 Å². The number of hydrogen-bond donors (Lipinski definition) is 4. The minimum atomic E-state index is -4.86. The van der Waals surface area contributed by atoms with Crippen LogP contribution in [0, 0.1) is 11.8 Å². The minimum Gasteiger partial charge on any atom is -0.391 e. The number of aliphatic hydroxyl groups is 1. The largest absolute Gasteiger partial charge is 0.435 e. The van der Waals surface area contributed by atoms with E-state index in [4.69, 9.17) is 11.6 Å². The number of fused-ring (bicyclic) bond motifs is 1. The molecule has 6 rings (SSSR count). The van der Waals surface area contributed by atoms with Crippen molar-refractivity contribution in [2.24, 2.45) is 18.9 Å². The standard InChI is InChI=1S/C30H31ClF4N8O4/c1-14(32)10-43-13-19(25(40-43)30(33,34)35)22-9-36-26(41(22)2)28(46)37-15-6-7-16(20(31)8-15)27(45)39-24-17-11-42(12-18(17)24)29(47)38-21-4-3-5-23(21)44/h6-9,13,17-18,21,23-24,44H,1,3-5,10-12H2,2H3,(H,37,46)(H,38,47)(H,39,45)/t17-,18+,21-,23-,24?/m1/s1. The Morgan fingerprint density at radius 3 is 2.47 bits per heavy atom. The van der Waals surface area contributed by atoms with Gasteiger partial charge < -0.3 is 30.5 Å². The van der Waals surface area contributed by atoms with Crippen molar-refractivity contribution in [3.63, 3.8) is 0 Å². The lowest BCUT2D eigenvalue weighted by Crippen LogP contribution is -2.48. The highest BCUT2D eigenvalue weighted by molar-refractivity contribution is 6.34. The van der Waals surface area contributed by atoms with Gasteiger partial charge in [-0.1, -0.05) is 18.2 Å². The monoisotopic (exact) mass is 678 g/mol. The van der Waals surface area contributed by atoms with Gasteiger partial charge in [-0.2, -0.15) is 18.3 Å². The van der Waals surface area contributed by atoms with Crippen LogP contribution < -0.4 is 16.0 Å². The lowest BCUT2D eigenvalue weighted by molar-refractivity contribution is -0.141. The molecule has 3 aliphatic rings. The Labute approximate surface area is 270 Å². The van der Waals surface area contributed by atoms with Crippen molar-refractivity contribution in [3.05, 3.63) is 65.1 Å². The quantitative estimate of drug-likeness (QED) is 0.265. The highest BCUT2D eigenvalue weighted by Gasteiger charge is 2.57. The van der Waals surface area contributed by atoms with E-state index in [0.717, 1.165) is 34.5 Å². The van der Waals surface area contributed by atoms with Gasteiger partial charge in [0, 0.05) is 49.9 Å². The molecule has 250 valence electrons. The Bertz CT molecular complexity index is 1750. The number of nitrogens with zero attached hydrogens (tertiary/aromatic N) is 5. The molecule has 1 saturated heterocycles. The zero-order chi connectivity index (χ0) is 33.8.